The van der Waals surface area contributed by atoms with Crippen LogP contribution >= 0.6 is 0 Å². The van der Waals surface area contributed by atoms with Crippen molar-refractivity contribution < 1.29 is 9.53 Å². The highest BCUT2D eigenvalue weighted by molar-refractivity contribution is 6.03. The van der Waals surface area contributed by atoms with Crippen LogP contribution in [0.4, 0.5) is 4.79 Å². The molecule has 2 aliphatic rings. The molecule has 2 aliphatic carbocycles. The van der Waals surface area contributed by atoms with E-state index in [4.69, 9.17) is 4.74 Å². The molecule has 0 unspecified atom stereocenters. The average Bonchev–Trinajstić information content (AvgIpc) is 2.97. The minimum atomic E-state index is -0.521. The Morgan fingerprint density at radius 1 is 1.11 bits per heavy atom. The van der Waals surface area contributed by atoms with E-state index in [2.05, 4.69) is 39.8 Å². The van der Waals surface area contributed by atoms with Crippen LogP contribution in [0.5, 0.6) is 0 Å². The number of rotatable bonds is 0. The van der Waals surface area contributed by atoms with Gasteiger partial charge in [0.2, 0.25) is 0 Å². The molecule has 2 aromatic rings. The molecule has 4 rings (SSSR count). The molecule has 0 radical (unpaired) electrons. The number of carbonyl (C=O) groups excluding carboxylic acids is 1. The highest BCUT2D eigenvalue weighted by Crippen LogP contribution is 2.58. The molecule has 0 spiro atoms. The summed E-state index contributed by atoms with van der Waals surface area (Å²) in [4.78, 5) is 13.2. The molecule has 1 heterocycles. The van der Waals surface area contributed by atoms with Crippen LogP contribution in [0.2, 0.25) is 0 Å². The highest BCUT2D eigenvalue weighted by Gasteiger charge is 2.46. The summed E-state index contributed by atoms with van der Waals surface area (Å²) in [7, 11) is 0. The van der Waals surface area contributed by atoms with Crippen molar-refractivity contribution in [2.24, 2.45) is 5.41 Å². The monoisotopic (exact) mass is 365 g/mol. The van der Waals surface area contributed by atoms with E-state index in [0.29, 0.717) is 5.41 Å². The lowest BCUT2D eigenvalue weighted by molar-refractivity contribution is 0.0536. The maximum atomic E-state index is 13.2. The van der Waals surface area contributed by atoms with Gasteiger partial charge in [-0.3, -0.25) is 0 Å². The summed E-state index contributed by atoms with van der Waals surface area (Å²) in [5, 5.41) is 1.18. The normalized spacial score (nSPS) is 20.6. The Bertz CT molecular complexity index is 980. The maximum absolute atomic E-state index is 13.2. The van der Waals surface area contributed by atoms with Crippen molar-refractivity contribution in [2.75, 3.05) is 0 Å². The van der Waals surface area contributed by atoms with E-state index in [1.807, 2.05) is 37.5 Å². The van der Waals surface area contributed by atoms with Crippen LogP contribution in [0.15, 0.2) is 29.8 Å². The van der Waals surface area contributed by atoms with Gasteiger partial charge in [0.1, 0.15) is 5.60 Å². The van der Waals surface area contributed by atoms with Crippen molar-refractivity contribution >= 4 is 22.6 Å². The lowest BCUT2D eigenvalue weighted by Crippen LogP contribution is -2.31. The first kappa shape index (κ1) is 18.3. The topological polar surface area (TPSA) is 31.2 Å². The fraction of sp³-hybridized carbons (Fsp3) is 0.542. The standard InChI is InChI=1S/C24H31NO2/c1-22(2,3)27-21(26)25-18-11-9-8-10-15(18)19-16-14-23(4,5)13-12-17(16)24(6,7)20(19)25/h8-11H,12-14H2,1-7H3. The molecule has 0 saturated heterocycles. The molecule has 0 amide bonds. The first-order valence-electron chi connectivity index (χ1n) is 10.0. The molecule has 0 bridgehead atoms. The number of fused-ring (bicyclic) bond motifs is 4. The Morgan fingerprint density at radius 3 is 2.44 bits per heavy atom. The minimum Gasteiger partial charge on any atom is -0.443 e. The Morgan fingerprint density at radius 2 is 1.78 bits per heavy atom. The van der Waals surface area contributed by atoms with Crippen LogP contribution in [0, 0.1) is 5.41 Å². The van der Waals surface area contributed by atoms with E-state index in [9.17, 15) is 4.79 Å². The third-order valence-corrected chi connectivity index (χ3v) is 6.17. The molecule has 0 N–H and O–H groups in total. The van der Waals surface area contributed by atoms with Crippen molar-refractivity contribution in [3.63, 3.8) is 0 Å². The fourth-order valence-electron chi connectivity index (χ4n) is 4.99. The number of ether oxygens (including phenoxy) is 1. The summed E-state index contributed by atoms with van der Waals surface area (Å²) in [6.07, 6.45) is 3.10. The summed E-state index contributed by atoms with van der Waals surface area (Å²) in [6.45, 7) is 15.0. The van der Waals surface area contributed by atoms with Gasteiger partial charge in [-0.2, -0.15) is 0 Å². The first-order valence-corrected chi connectivity index (χ1v) is 10.0. The van der Waals surface area contributed by atoms with Gasteiger partial charge in [0.25, 0.3) is 0 Å². The summed E-state index contributed by atoms with van der Waals surface area (Å²) >= 11 is 0. The second-order valence-electron chi connectivity index (χ2n) is 10.5. The van der Waals surface area contributed by atoms with E-state index >= 15 is 0 Å². The number of carbonyl (C=O) groups is 1. The second-order valence-corrected chi connectivity index (χ2v) is 10.5. The van der Waals surface area contributed by atoms with Crippen LogP contribution in [0.1, 0.15) is 79.0 Å². The zero-order chi connectivity index (χ0) is 19.8. The third kappa shape index (κ3) is 2.74. The molecule has 0 saturated carbocycles. The number of nitrogens with zero attached hydrogens (tertiary/aromatic N) is 1. The molecule has 1 aromatic carbocycles. The SMILES string of the molecule is CC1(C)CCC2=C(C1)c1c(n(C(=O)OC(C)(C)C)c3ccccc13)C2(C)C. The van der Waals surface area contributed by atoms with Gasteiger partial charge in [-0.1, -0.05) is 51.5 Å². The Labute approximate surface area is 162 Å². The van der Waals surface area contributed by atoms with Crippen molar-refractivity contribution in [1.82, 2.24) is 4.57 Å². The van der Waals surface area contributed by atoms with E-state index in [0.717, 1.165) is 24.1 Å². The van der Waals surface area contributed by atoms with Gasteiger partial charge in [-0.25, -0.2) is 9.36 Å². The maximum Gasteiger partial charge on any atom is 0.419 e. The zero-order valence-corrected chi connectivity index (χ0v) is 17.7. The average molecular weight is 366 g/mol. The van der Waals surface area contributed by atoms with Crippen LogP contribution in [-0.2, 0) is 10.2 Å². The predicted octanol–water partition coefficient (Wildman–Crippen LogP) is 6.68. The van der Waals surface area contributed by atoms with Gasteiger partial charge in [0.05, 0.1) is 5.52 Å². The van der Waals surface area contributed by atoms with Crippen LogP contribution in [-0.4, -0.2) is 16.3 Å². The van der Waals surface area contributed by atoms with Crippen molar-refractivity contribution in [2.45, 2.75) is 78.7 Å². The molecule has 0 atom stereocenters. The lowest BCUT2D eigenvalue weighted by atomic mass is 9.70. The third-order valence-electron chi connectivity index (χ3n) is 6.17. The minimum absolute atomic E-state index is 0.156. The molecule has 0 aliphatic heterocycles. The highest BCUT2D eigenvalue weighted by atomic mass is 16.6. The van der Waals surface area contributed by atoms with Crippen molar-refractivity contribution in [1.29, 1.82) is 0 Å². The Hall–Kier alpha value is -2.03. The van der Waals surface area contributed by atoms with Gasteiger partial charge in [0.15, 0.2) is 0 Å². The largest absolute Gasteiger partial charge is 0.443 e. The first-order chi connectivity index (χ1) is 12.4. The van der Waals surface area contributed by atoms with Gasteiger partial charge >= 0.3 is 6.09 Å². The molecular formula is C24H31NO2. The molecular weight excluding hydrogens is 334 g/mol. The fourth-order valence-corrected chi connectivity index (χ4v) is 4.99. The van der Waals surface area contributed by atoms with E-state index in [1.54, 1.807) is 0 Å². The number of benzene rings is 1. The van der Waals surface area contributed by atoms with Crippen LogP contribution in [0.3, 0.4) is 0 Å². The van der Waals surface area contributed by atoms with Crippen molar-refractivity contribution in [3.05, 3.63) is 41.1 Å². The second kappa shape index (κ2) is 5.50. The molecule has 3 nitrogen and oxygen atoms in total. The number of para-hydroxylation sites is 1. The van der Waals surface area contributed by atoms with Gasteiger partial charge < -0.3 is 4.74 Å². The molecule has 0 fully saturated rings. The molecule has 144 valence electrons. The van der Waals surface area contributed by atoms with E-state index in [1.165, 1.54) is 28.5 Å². The van der Waals surface area contributed by atoms with E-state index < -0.39 is 5.60 Å². The number of hydrogen-bond acceptors (Lipinski definition) is 2. The van der Waals surface area contributed by atoms with E-state index in [-0.39, 0.29) is 11.5 Å². The summed E-state index contributed by atoms with van der Waals surface area (Å²) in [5.41, 5.74) is 5.94. The van der Waals surface area contributed by atoms with Gasteiger partial charge in [-0.15, -0.1) is 0 Å². The molecule has 1 aromatic heterocycles. The summed E-state index contributed by atoms with van der Waals surface area (Å²) < 4.78 is 7.66. The number of aromatic nitrogens is 1. The predicted molar refractivity (Wildman–Crippen MR) is 111 cm³/mol. The Kier molecular flexibility index (Phi) is 3.73. The summed E-state index contributed by atoms with van der Waals surface area (Å²) in [5.74, 6) is 0. The zero-order valence-electron chi connectivity index (χ0n) is 17.7. The number of allylic oxidation sites excluding steroid dienone is 2. The number of hydrogen-bond donors (Lipinski definition) is 0. The molecule has 3 heteroatoms. The Balaban J connectivity index is 2.00. The van der Waals surface area contributed by atoms with Crippen molar-refractivity contribution in [3.8, 4) is 0 Å². The van der Waals surface area contributed by atoms with Crippen LogP contribution in [0.25, 0.3) is 16.5 Å². The van der Waals surface area contributed by atoms with Gasteiger partial charge in [0, 0.05) is 22.1 Å². The summed E-state index contributed by atoms with van der Waals surface area (Å²) in [6, 6.07) is 8.28. The lowest BCUT2D eigenvalue weighted by Gasteiger charge is -2.35. The molecule has 27 heavy (non-hydrogen) atoms. The quantitative estimate of drug-likeness (QED) is 0.521. The smallest absolute Gasteiger partial charge is 0.419 e. The van der Waals surface area contributed by atoms with Gasteiger partial charge in [-0.05, 0) is 57.1 Å². The van der Waals surface area contributed by atoms with Crippen LogP contribution < -0.4 is 0 Å².